The minimum absolute atomic E-state index is 1.06. The summed E-state index contributed by atoms with van der Waals surface area (Å²) in [6.45, 7) is 0. The normalized spacial score (nSPS) is 10.6. The second kappa shape index (κ2) is 10.9. The summed E-state index contributed by atoms with van der Waals surface area (Å²) in [5.74, 6) is 0. The topological polar surface area (TPSA) is 24.1 Å². The molecule has 0 aliphatic rings. The van der Waals surface area contributed by atoms with Gasteiger partial charge in [-0.1, -0.05) is 121 Å². The Balaban J connectivity index is 1.17. The van der Waals surface area contributed by atoms with Crippen molar-refractivity contribution in [2.24, 2.45) is 0 Å². The lowest BCUT2D eigenvalue weighted by Crippen LogP contribution is -1.94. The average Bonchev–Trinajstić information content (AvgIpc) is 2.99. The van der Waals surface area contributed by atoms with Crippen LogP contribution >= 0.6 is 0 Å². The molecule has 0 radical (unpaired) electrons. The predicted octanol–water partition coefficient (Wildman–Crippen LogP) is 10.2. The van der Waals surface area contributed by atoms with Crippen LogP contribution in [0.25, 0.3) is 33.4 Å². The predicted molar refractivity (Wildman–Crippen MR) is 162 cm³/mol. The van der Waals surface area contributed by atoms with Crippen molar-refractivity contribution >= 4 is 22.7 Å². The molecule has 182 valence electrons. The van der Waals surface area contributed by atoms with E-state index in [4.69, 9.17) is 0 Å². The first-order chi connectivity index (χ1) is 18.8. The first-order valence-electron chi connectivity index (χ1n) is 12.9. The highest BCUT2D eigenvalue weighted by atomic mass is 14.9. The number of para-hydroxylation sites is 2. The van der Waals surface area contributed by atoms with E-state index in [1.165, 1.54) is 33.4 Å². The van der Waals surface area contributed by atoms with Gasteiger partial charge in [0.05, 0.1) is 0 Å². The minimum atomic E-state index is 1.06. The van der Waals surface area contributed by atoms with Crippen LogP contribution in [-0.4, -0.2) is 0 Å². The molecule has 2 heteroatoms. The molecule has 0 aliphatic heterocycles. The first kappa shape index (κ1) is 23.3. The molecule has 0 bridgehead atoms. The first-order valence-corrected chi connectivity index (χ1v) is 12.9. The van der Waals surface area contributed by atoms with Crippen LogP contribution in [0.15, 0.2) is 158 Å². The third-order valence-electron chi connectivity index (χ3n) is 6.68. The molecule has 6 rings (SSSR count). The fourth-order valence-corrected chi connectivity index (χ4v) is 4.73. The number of rotatable bonds is 7. The van der Waals surface area contributed by atoms with Gasteiger partial charge in [0.25, 0.3) is 0 Å². The van der Waals surface area contributed by atoms with Crippen molar-refractivity contribution in [3.63, 3.8) is 0 Å². The molecule has 0 heterocycles. The van der Waals surface area contributed by atoms with E-state index in [1.54, 1.807) is 0 Å². The van der Waals surface area contributed by atoms with Gasteiger partial charge in [0.1, 0.15) is 0 Å². The van der Waals surface area contributed by atoms with Gasteiger partial charge in [-0.25, -0.2) is 0 Å². The minimum Gasteiger partial charge on any atom is -0.355 e. The van der Waals surface area contributed by atoms with Crippen LogP contribution in [-0.2, 0) is 0 Å². The van der Waals surface area contributed by atoms with E-state index in [1.807, 2.05) is 12.1 Å². The molecule has 38 heavy (non-hydrogen) atoms. The van der Waals surface area contributed by atoms with Gasteiger partial charge in [0, 0.05) is 33.9 Å². The second-order valence-electron chi connectivity index (χ2n) is 9.23. The van der Waals surface area contributed by atoms with E-state index in [0.717, 1.165) is 22.7 Å². The summed E-state index contributed by atoms with van der Waals surface area (Å²) < 4.78 is 0. The molecule has 2 nitrogen and oxygen atoms in total. The lowest BCUT2D eigenvalue weighted by molar-refractivity contribution is 1.51. The van der Waals surface area contributed by atoms with E-state index in [0.29, 0.717) is 0 Å². The molecule has 0 aromatic heterocycles. The Kier molecular flexibility index (Phi) is 6.69. The van der Waals surface area contributed by atoms with Crippen LogP contribution in [0, 0.1) is 0 Å². The van der Waals surface area contributed by atoms with E-state index in [-0.39, 0.29) is 0 Å². The smallest absolute Gasteiger partial charge is 0.0463 e. The summed E-state index contributed by atoms with van der Waals surface area (Å²) >= 11 is 0. The Morgan fingerprint density at radius 1 is 0.263 bits per heavy atom. The monoisotopic (exact) mass is 488 g/mol. The standard InChI is InChI=1S/C36H28N2/c1-3-11-29(12-4-1)33-15-7-9-17-35(33)37-31-23-19-27(20-24-31)28-21-25-32(26-22-28)38-36-18-10-8-16-34(36)30-13-5-2-6-14-30/h1-26,37-38H. The highest BCUT2D eigenvalue weighted by molar-refractivity contribution is 5.83. The van der Waals surface area contributed by atoms with Gasteiger partial charge in [-0.2, -0.15) is 0 Å². The summed E-state index contributed by atoms with van der Waals surface area (Å²) in [5.41, 5.74) is 11.5. The molecule has 0 unspecified atom stereocenters. The van der Waals surface area contributed by atoms with Crippen molar-refractivity contribution in [3.8, 4) is 33.4 Å². The number of nitrogens with one attached hydrogen (secondary N) is 2. The van der Waals surface area contributed by atoms with Crippen LogP contribution in [0.5, 0.6) is 0 Å². The summed E-state index contributed by atoms with van der Waals surface area (Å²) in [4.78, 5) is 0. The third kappa shape index (κ3) is 5.21. The maximum atomic E-state index is 3.59. The van der Waals surface area contributed by atoms with E-state index in [2.05, 4.69) is 156 Å². The van der Waals surface area contributed by atoms with Crippen molar-refractivity contribution in [3.05, 3.63) is 158 Å². The van der Waals surface area contributed by atoms with E-state index < -0.39 is 0 Å². The molecular formula is C36H28N2. The van der Waals surface area contributed by atoms with Crippen molar-refractivity contribution in [2.45, 2.75) is 0 Å². The van der Waals surface area contributed by atoms with Crippen LogP contribution in [0.2, 0.25) is 0 Å². The van der Waals surface area contributed by atoms with Crippen molar-refractivity contribution in [2.75, 3.05) is 10.6 Å². The highest BCUT2D eigenvalue weighted by Crippen LogP contribution is 2.33. The van der Waals surface area contributed by atoms with Crippen LogP contribution in [0.1, 0.15) is 0 Å². The molecule has 6 aromatic rings. The highest BCUT2D eigenvalue weighted by Gasteiger charge is 2.07. The number of hydrogen-bond acceptors (Lipinski definition) is 2. The SMILES string of the molecule is c1ccc(-c2ccccc2Nc2ccc(-c3ccc(Nc4ccccc4-c4ccccc4)cc3)cc2)cc1. The van der Waals surface area contributed by atoms with E-state index >= 15 is 0 Å². The number of anilines is 4. The summed E-state index contributed by atoms with van der Waals surface area (Å²) in [6, 6.07) is 55.0. The van der Waals surface area contributed by atoms with Gasteiger partial charge in [-0.05, 0) is 58.7 Å². The molecule has 6 aromatic carbocycles. The van der Waals surface area contributed by atoms with E-state index in [9.17, 15) is 0 Å². The fraction of sp³-hybridized carbons (Fsp3) is 0. The fourth-order valence-electron chi connectivity index (χ4n) is 4.73. The third-order valence-corrected chi connectivity index (χ3v) is 6.68. The molecular weight excluding hydrogens is 460 g/mol. The quantitative estimate of drug-likeness (QED) is 0.233. The maximum absolute atomic E-state index is 3.59. The molecule has 2 N–H and O–H groups in total. The van der Waals surface area contributed by atoms with Gasteiger partial charge in [0.15, 0.2) is 0 Å². The summed E-state index contributed by atoms with van der Waals surface area (Å²) in [5, 5.41) is 7.19. The Morgan fingerprint density at radius 2 is 0.605 bits per heavy atom. The van der Waals surface area contributed by atoms with Crippen molar-refractivity contribution in [1.82, 2.24) is 0 Å². The lowest BCUT2D eigenvalue weighted by atomic mass is 10.0. The summed E-state index contributed by atoms with van der Waals surface area (Å²) in [6.07, 6.45) is 0. The van der Waals surface area contributed by atoms with Gasteiger partial charge in [-0.15, -0.1) is 0 Å². The molecule has 0 spiro atoms. The zero-order chi connectivity index (χ0) is 25.6. The molecule has 0 atom stereocenters. The second-order valence-corrected chi connectivity index (χ2v) is 9.23. The molecule has 0 saturated heterocycles. The Bertz CT molecular complexity index is 1500. The Morgan fingerprint density at radius 3 is 1.00 bits per heavy atom. The zero-order valence-electron chi connectivity index (χ0n) is 21.0. The number of hydrogen-bond donors (Lipinski definition) is 2. The average molecular weight is 489 g/mol. The van der Waals surface area contributed by atoms with Gasteiger partial charge < -0.3 is 10.6 Å². The molecule has 0 amide bonds. The zero-order valence-corrected chi connectivity index (χ0v) is 21.0. The molecule has 0 fully saturated rings. The van der Waals surface area contributed by atoms with Crippen LogP contribution in [0.3, 0.4) is 0 Å². The van der Waals surface area contributed by atoms with Crippen molar-refractivity contribution < 1.29 is 0 Å². The molecule has 0 saturated carbocycles. The Labute approximate surface area is 224 Å². The van der Waals surface area contributed by atoms with Gasteiger partial charge in [0.2, 0.25) is 0 Å². The van der Waals surface area contributed by atoms with Crippen LogP contribution < -0.4 is 10.6 Å². The largest absolute Gasteiger partial charge is 0.355 e. The van der Waals surface area contributed by atoms with Crippen molar-refractivity contribution in [1.29, 1.82) is 0 Å². The maximum Gasteiger partial charge on any atom is 0.0463 e. The van der Waals surface area contributed by atoms with Gasteiger partial charge in [-0.3, -0.25) is 0 Å². The van der Waals surface area contributed by atoms with Crippen LogP contribution in [0.4, 0.5) is 22.7 Å². The number of benzene rings is 6. The lowest BCUT2D eigenvalue weighted by Gasteiger charge is -2.14. The Hall–Kier alpha value is -5.08. The van der Waals surface area contributed by atoms with Gasteiger partial charge >= 0.3 is 0 Å². The summed E-state index contributed by atoms with van der Waals surface area (Å²) in [7, 11) is 0. The molecule has 0 aliphatic carbocycles.